The highest BCUT2D eigenvalue weighted by Crippen LogP contribution is 2.22. The molecule has 0 bridgehead atoms. The van der Waals surface area contributed by atoms with E-state index < -0.39 is 0 Å². The number of ether oxygens (including phenoxy) is 1. The van der Waals surface area contributed by atoms with Gasteiger partial charge in [-0.2, -0.15) is 0 Å². The van der Waals surface area contributed by atoms with E-state index in [4.69, 9.17) is 14.9 Å². The molecule has 0 fully saturated rings. The predicted octanol–water partition coefficient (Wildman–Crippen LogP) is 2.27. The van der Waals surface area contributed by atoms with Crippen LogP contribution in [0.2, 0.25) is 0 Å². The largest absolute Gasteiger partial charge is 0.512 e. The molecule has 0 aliphatic heterocycles. The van der Waals surface area contributed by atoms with Crippen LogP contribution in [-0.2, 0) is 17.6 Å². The normalized spacial score (nSPS) is 10.9. The van der Waals surface area contributed by atoms with Gasteiger partial charge in [0.25, 0.3) is 0 Å². The van der Waals surface area contributed by atoms with E-state index in [1.54, 1.807) is 0 Å². The van der Waals surface area contributed by atoms with Crippen LogP contribution in [0.25, 0.3) is 0 Å². The van der Waals surface area contributed by atoms with Crippen molar-refractivity contribution in [2.24, 2.45) is 0 Å². The summed E-state index contributed by atoms with van der Waals surface area (Å²) < 4.78 is 5.11. The van der Waals surface area contributed by atoms with Crippen molar-refractivity contribution in [2.45, 2.75) is 19.8 Å². The lowest BCUT2D eigenvalue weighted by atomic mass is 10.0. The third kappa shape index (κ3) is 4.83. The molecule has 0 aliphatic rings. The molecule has 1 rings (SSSR count). The monoisotopic (exact) mass is 265 g/mol. The fraction of sp³-hybridized carbons (Fsp3) is 0.467. The van der Waals surface area contributed by atoms with Gasteiger partial charge in [0, 0.05) is 32.3 Å². The summed E-state index contributed by atoms with van der Waals surface area (Å²) >= 11 is 0. The number of nitrogens with zero attached hydrogens (tertiary/aromatic N) is 1. The molecule has 0 unspecified atom stereocenters. The van der Waals surface area contributed by atoms with Crippen molar-refractivity contribution in [3.8, 4) is 0 Å². The molecule has 2 N–H and O–H groups in total. The second kappa shape index (κ2) is 8.43. The van der Waals surface area contributed by atoms with Gasteiger partial charge in [-0.25, -0.2) is 0 Å². The molecule has 0 amide bonds. The summed E-state index contributed by atoms with van der Waals surface area (Å²) in [5.74, 6) is 0. The Labute approximate surface area is 114 Å². The van der Waals surface area contributed by atoms with Crippen LogP contribution >= 0.6 is 0 Å². The van der Waals surface area contributed by atoms with Gasteiger partial charge in [-0.3, -0.25) is 0 Å². The number of aliphatic hydroxyl groups excluding tert-OH is 2. The van der Waals surface area contributed by atoms with E-state index in [1.807, 2.05) is 7.05 Å². The molecule has 1 aromatic carbocycles. The van der Waals surface area contributed by atoms with Crippen molar-refractivity contribution in [3.05, 3.63) is 41.9 Å². The average molecular weight is 265 g/mol. The molecule has 4 heteroatoms. The van der Waals surface area contributed by atoms with E-state index in [0.29, 0.717) is 13.0 Å². The molecule has 0 heterocycles. The summed E-state index contributed by atoms with van der Waals surface area (Å²) in [4.78, 5) is 2.17. The predicted molar refractivity (Wildman–Crippen MR) is 77.6 cm³/mol. The average Bonchev–Trinajstić information content (AvgIpc) is 2.44. The molecule has 0 saturated carbocycles. The van der Waals surface area contributed by atoms with E-state index in [1.165, 1.54) is 11.8 Å². The molecular weight excluding hydrogens is 242 g/mol. The lowest BCUT2D eigenvalue weighted by Gasteiger charge is -2.21. The number of anilines is 1. The van der Waals surface area contributed by atoms with Gasteiger partial charge in [0.05, 0.1) is 6.61 Å². The highest BCUT2D eigenvalue weighted by Gasteiger charge is 2.07. The van der Waals surface area contributed by atoms with Crippen LogP contribution in [0.4, 0.5) is 5.69 Å². The molecule has 1 aromatic rings. The van der Waals surface area contributed by atoms with Gasteiger partial charge in [0.1, 0.15) is 12.5 Å². The summed E-state index contributed by atoms with van der Waals surface area (Å²) in [6.07, 6.45) is 3.62. The third-order valence-corrected chi connectivity index (χ3v) is 3.08. The Morgan fingerprint density at radius 1 is 1.32 bits per heavy atom. The summed E-state index contributed by atoms with van der Waals surface area (Å²) in [7, 11) is 2.05. The zero-order valence-corrected chi connectivity index (χ0v) is 11.7. The van der Waals surface area contributed by atoms with Crippen LogP contribution < -0.4 is 4.90 Å². The van der Waals surface area contributed by atoms with Crippen LogP contribution in [-0.4, -0.2) is 37.0 Å². The van der Waals surface area contributed by atoms with Crippen molar-refractivity contribution >= 4 is 5.69 Å². The van der Waals surface area contributed by atoms with Gasteiger partial charge >= 0.3 is 0 Å². The Kier molecular flexibility index (Phi) is 6.82. The summed E-state index contributed by atoms with van der Waals surface area (Å²) in [5.41, 5.74) is 3.50. The lowest BCUT2D eigenvalue weighted by Crippen LogP contribution is -2.18. The van der Waals surface area contributed by atoms with Gasteiger partial charge in [0.2, 0.25) is 0 Å². The fourth-order valence-electron chi connectivity index (χ4n) is 1.91. The van der Waals surface area contributed by atoms with E-state index >= 15 is 0 Å². The minimum Gasteiger partial charge on any atom is -0.512 e. The molecule has 0 aliphatic carbocycles. The molecule has 0 spiro atoms. The zero-order valence-electron chi connectivity index (χ0n) is 11.7. The number of hydrogen-bond acceptors (Lipinski definition) is 4. The van der Waals surface area contributed by atoms with Crippen LogP contribution in [0.5, 0.6) is 0 Å². The fourth-order valence-corrected chi connectivity index (χ4v) is 1.91. The van der Waals surface area contributed by atoms with Crippen molar-refractivity contribution in [2.75, 3.05) is 31.7 Å². The standard InChI is InChI=1S/C15H23NO3/c1-3-16(2)15-12-13(7-10-19-11-9-18)4-5-14(15)6-8-17/h4-5,9,11-12,17-18H,3,6-8,10H2,1-2H3/b11-9+. The van der Waals surface area contributed by atoms with E-state index in [0.717, 1.165) is 30.5 Å². The third-order valence-electron chi connectivity index (χ3n) is 3.08. The van der Waals surface area contributed by atoms with Crippen LogP contribution in [0, 0.1) is 0 Å². The molecule has 0 aromatic heterocycles. The Hall–Kier alpha value is -1.68. The molecule has 0 atom stereocenters. The molecule has 0 saturated heterocycles. The molecule has 4 nitrogen and oxygen atoms in total. The van der Waals surface area contributed by atoms with E-state index in [2.05, 4.69) is 30.0 Å². The highest BCUT2D eigenvalue weighted by atomic mass is 16.5. The summed E-state index contributed by atoms with van der Waals surface area (Å²) in [6.45, 7) is 3.72. The number of rotatable bonds is 8. The maximum Gasteiger partial charge on any atom is 0.117 e. The first-order chi connectivity index (χ1) is 9.22. The summed E-state index contributed by atoms with van der Waals surface area (Å²) in [6, 6.07) is 6.26. The number of hydrogen-bond donors (Lipinski definition) is 2. The Morgan fingerprint density at radius 2 is 2.11 bits per heavy atom. The van der Waals surface area contributed by atoms with Crippen molar-refractivity contribution in [3.63, 3.8) is 0 Å². The SMILES string of the molecule is CCN(C)c1cc(CCO/C=C/O)ccc1CCO. The zero-order chi connectivity index (χ0) is 14.1. The number of benzene rings is 1. The highest BCUT2D eigenvalue weighted by molar-refractivity contribution is 5.55. The first-order valence-corrected chi connectivity index (χ1v) is 6.57. The van der Waals surface area contributed by atoms with Crippen molar-refractivity contribution in [1.29, 1.82) is 0 Å². The lowest BCUT2D eigenvalue weighted by molar-refractivity contribution is 0.242. The van der Waals surface area contributed by atoms with Crippen LogP contribution in [0.1, 0.15) is 18.1 Å². The Morgan fingerprint density at radius 3 is 2.74 bits per heavy atom. The van der Waals surface area contributed by atoms with Crippen LogP contribution in [0.15, 0.2) is 30.7 Å². The van der Waals surface area contributed by atoms with Gasteiger partial charge in [0.15, 0.2) is 0 Å². The van der Waals surface area contributed by atoms with Gasteiger partial charge in [-0.1, -0.05) is 12.1 Å². The molecule has 0 radical (unpaired) electrons. The van der Waals surface area contributed by atoms with Crippen LogP contribution in [0.3, 0.4) is 0 Å². The second-order valence-corrected chi connectivity index (χ2v) is 4.36. The van der Waals surface area contributed by atoms with E-state index in [9.17, 15) is 0 Å². The van der Waals surface area contributed by atoms with E-state index in [-0.39, 0.29) is 6.61 Å². The van der Waals surface area contributed by atoms with Gasteiger partial charge in [-0.15, -0.1) is 0 Å². The Balaban J connectivity index is 2.78. The molecular formula is C15H23NO3. The maximum absolute atomic E-state index is 9.10. The molecule has 19 heavy (non-hydrogen) atoms. The summed E-state index contributed by atoms with van der Waals surface area (Å²) in [5, 5.41) is 17.6. The minimum atomic E-state index is 0.161. The Bertz CT molecular complexity index is 404. The molecule has 106 valence electrons. The first kappa shape index (κ1) is 15.4. The quantitative estimate of drug-likeness (QED) is 0.559. The topological polar surface area (TPSA) is 52.9 Å². The van der Waals surface area contributed by atoms with Crippen molar-refractivity contribution in [1.82, 2.24) is 0 Å². The van der Waals surface area contributed by atoms with Crippen molar-refractivity contribution < 1.29 is 14.9 Å². The smallest absolute Gasteiger partial charge is 0.117 e. The number of aliphatic hydroxyl groups is 2. The second-order valence-electron chi connectivity index (χ2n) is 4.36. The van der Waals surface area contributed by atoms with Gasteiger partial charge < -0.3 is 19.8 Å². The maximum atomic E-state index is 9.10. The van der Waals surface area contributed by atoms with Gasteiger partial charge in [-0.05, 0) is 30.5 Å². The first-order valence-electron chi connectivity index (χ1n) is 6.57. The minimum absolute atomic E-state index is 0.161.